The molecule has 0 aliphatic carbocycles. The lowest BCUT2D eigenvalue weighted by molar-refractivity contribution is -0.130. The Labute approximate surface area is 167 Å². The summed E-state index contributed by atoms with van der Waals surface area (Å²) < 4.78 is 5.29. The largest absolute Gasteiger partial charge is 0.382 e. The van der Waals surface area contributed by atoms with E-state index in [0.717, 1.165) is 39.1 Å². The Bertz CT molecular complexity index is 566. The summed E-state index contributed by atoms with van der Waals surface area (Å²) >= 11 is 0. The number of guanidine groups is 1. The maximum Gasteiger partial charge on any atom is 0.242 e. The Hall–Kier alpha value is -1.35. The van der Waals surface area contributed by atoms with Crippen LogP contribution in [0, 0.1) is 0 Å². The van der Waals surface area contributed by atoms with E-state index in [-0.39, 0.29) is 36.4 Å². The zero-order valence-electron chi connectivity index (χ0n) is 15.1. The van der Waals surface area contributed by atoms with Crippen LogP contribution in [0.5, 0.6) is 0 Å². The van der Waals surface area contributed by atoms with Gasteiger partial charge in [-0.05, 0) is 30.9 Å². The first-order chi connectivity index (χ1) is 11.7. The smallest absolute Gasteiger partial charge is 0.242 e. The highest BCUT2D eigenvalue weighted by Gasteiger charge is 2.20. The predicted molar refractivity (Wildman–Crippen MR) is 111 cm³/mol. The molecule has 0 spiro atoms. The van der Waals surface area contributed by atoms with Crippen LogP contribution in [0.25, 0.3) is 0 Å². The highest BCUT2D eigenvalue weighted by molar-refractivity contribution is 14.0. The van der Waals surface area contributed by atoms with Gasteiger partial charge in [-0.1, -0.05) is 24.3 Å². The Morgan fingerprint density at radius 1 is 1.28 bits per heavy atom. The molecule has 1 aromatic rings. The lowest BCUT2D eigenvalue weighted by Gasteiger charge is -2.29. The number of hydrogen-bond donors (Lipinski definition) is 2. The van der Waals surface area contributed by atoms with Crippen molar-refractivity contribution in [3.05, 3.63) is 35.4 Å². The van der Waals surface area contributed by atoms with Crippen LogP contribution >= 0.6 is 24.0 Å². The van der Waals surface area contributed by atoms with Crippen LogP contribution in [0.15, 0.2) is 29.3 Å². The molecule has 0 atom stereocenters. The molecule has 0 radical (unpaired) electrons. The van der Waals surface area contributed by atoms with E-state index in [9.17, 15) is 4.79 Å². The first-order valence-corrected chi connectivity index (χ1v) is 8.61. The van der Waals surface area contributed by atoms with E-state index in [1.165, 1.54) is 11.1 Å². The van der Waals surface area contributed by atoms with Crippen LogP contribution in [-0.2, 0) is 22.5 Å². The number of carbonyl (C=O) groups is 1. The van der Waals surface area contributed by atoms with Crippen LogP contribution in [-0.4, -0.2) is 56.7 Å². The van der Waals surface area contributed by atoms with Gasteiger partial charge in [-0.15, -0.1) is 24.0 Å². The highest BCUT2D eigenvalue weighted by Crippen LogP contribution is 2.18. The molecule has 140 valence electrons. The minimum absolute atomic E-state index is 0. The Kier molecular flexibility index (Phi) is 10.5. The van der Waals surface area contributed by atoms with Gasteiger partial charge in [0.05, 0.1) is 6.54 Å². The van der Waals surface area contributed by atoms with Crippen LogP contribution in [0.1, 0.15) is 24.5 Å². The molecular formula is C18H29IN4O2. The number of fused-ring (bicyclic) bond motifs is 1. The van der Waals surface area contributed by atoms with Crippen molar-refractivity contribution >= 4 is 35.8 Å². The third-order valence-electron chi connectivity index (χ3n) is 4.08. The molecule has 0 fully saturated rings. The van der Waals surface area contributed by atoms with E-state index in [2.05, 4.69) is 33.8 Å². The predicted octanol–water partition coefficient (Wildman–Crippen LogP) is 1.78. The second-order valence-electron chi connectivity index (χ2n) is 5.74. The second-order valence-corrected chi connectivity index (χ2v) is 5.74. The molecule has 0 saturated heterocycles. The van der Waals surface area contributed by atoms with Gasteiger partial charge in [0.15, 0.2) is 5.96 Å². The van der Waals surface area contributed by atoms with Crippen molar-refractivity contribution in [1.82, 2.24) is 15.5 Å². The second kappa shape index (κ2) is 12.1. The molecule has 1 heterocycles. The van der Waals surface area contributed by atoms with Crippen LogP contribution in [0.3, 0.4) is 0 Å². The zero-order chi connectivity index (χ0) is 17.2. The van der Waals surface area contributed by atoms with Crippen molar-refractivity contribution in [1.29, 1.82) is 0 Å². The average molecular weight is 460 g/mol. The summed E-state index contributed by atoms with van der Waals surface area (Å²) in [6, 6.07) is 8.32. The SMILES string of the molecule is CCOCCCNC(=NC)NCC(=O)N1CCc2ccccc2C1.I. The van der Waals surface area contributed by atoms with Gasteiger partial charge in [0, 0.05) is 39.9 Å². The van der Waals surface area contributed by atoms with Gasteiger partial charge in [0.25, 0.3) is 0 Å². The first-order valence-electron chi connectivity index (χ1n) is 8.61. The Morgan fingerprint density at radius 3 is 2.76 bits per heavy atom. The number of nitrogens with zero attached hydrogens (tertiary/aromatic N) is 2. The van der Waals surface area contributed by atoms with Crippen LogP contribution in [0.2, 0.25) is 0 Å². The van der Waals surface area contributed by atoms with Gasteiger partial charge in [-0.25, -0.2) is 0 Å². The maximum atomic E-state index is 12.4. The molecule has 7 heteroatoms. The van der Waals surface area contributed by atoms with Gasteiger partial charge in [0.1, 0.15) is 0 Å². The van der Waals surface area contributed by atoms with Crippen molar-refractivity contribution in [2.24, 2.45) is 4.99 Å². The first kappa shape index (κ1) is 21.7. The molecule has 0 aromatic heterocycles. The van der Waals surface area contributed by atoms with E-state index >= 15 is 0 Å². The number of amides is 1. The summed E-state index contributed by atoms with van der Waals surface area (Å²) in [7, 11) is 1.71. The summed E-state index contributed by atoms with van der Waals surface area (Å²) in [5.74, 6) is 0.749. The van der Waals surface area contributed by atoms with Gasteiger partial charge in [-0.2, -0.15) is 0 Å². The van der Waals surface area contributed by atoms with Gasteiger partial charge < -0.3 is 20.3 Å². The molecule has 1 amide bonds. The fraction of sp³-hybridized carbons (Fsp3) is 0.556. The molecule has 0 bridgehead atoms. The van der Waals surface area contributed by atoms with Crippen LogP contribution < -0.4 is 10.6 Å². The monoisotopic (exact) mass is 460 g/mol. The summed E-state index contributed by atoms with van der Waals surface area (Å²) in [6.45, 7) is 5.94. The molecular weight excluding hydrogens is 431 g/mol. The van der Waals surface area contributed by atoms with Crippen molar-refractivity contribution in [3.8, 4) is 0 Å². The summed E-state index contributed by atoms with van der Waals surface area (Å²) in [5, 5.41) is 6.28. The van der Waals surface area contributed by atoms with Gasteiger partial charge in [0.2, 0.25) is 5.91 Å². The number of aliphatic imine (C=N–C) groups is 1. The van der Waals surface area contributed by atoms with Gasteiger partial charge >= 0.3 is 0 Å². The fourth-order valence-corrected chi connectivity index (χ4v) is 2.73. The molecule has 6 nitrogen and oxygen atoms in total. The molecule has 0 unspecified atom stereocenters. The Morgan fingerprint density at radius 2 is 2.04 bits per heavy atom. The van der Waals surface area contributed by atoms with E-state index in [0.29, 0.717) is 12.5 Å². The summed E-state index contributed by atoms with van der Waals surface area (Å²) in [6.07, 6.45) is 1.83. The molecule has 2 rings (SSSR count). The minimum Gasteiger partial charge on any atom is -0.382 e. The maximum absolute atomic E-state index is 12.4. The van der Waals surface area contributed by atoms with Crippen molar-refractivity contribution < 1.29 is 9.53 Å². The van der Waals surface area contributed by atoms with Crippen LogP contribution in [0.4, 0.5) is 0 Å². The summed E-state index contributed by atoms with van der Waals surface area (Å²) in [4.78, 5) is 18.4. The number of hydrogen-bond acceptors (Lipinski definition) is 3. The molecule has 0 saturated carbocycles. The molecule has 1 aliphatic heterocycles. The molecule has 25 heavy (non-hydrogen) atoms. The van der Waals surface area contributed by atoms with Gasteiger partial charge in [-0.3, -0.25) is 9.79 Å². The number of nitrogens with one attached hydrogen (secondary N) is 2. The number of rotatable bonds is 7. The average Bonchev–Trinajstić information content (AvgIpc) is 2.63. The third kappa shape index (κ3) is 7.19. The highest BCUT2D eigenvalue weighted by atomic mass is 127. The quantitative estimate of drug-likeness (QED) is 0.282. The lowest BCUT2D eigenvalue weighted by Crippen LogP contribution is -2.46. The number of halogens is 1. The number of ether oxygens (including phenoxy) is 1. The van der Waals surface area contributed by atoms with Crippen molar-refractivity contribution in [2.75, 3.05) is 39.9 Å². The Balaban J connectivity index is 0.00000312. The van der Waals surface area contributed by atoms with E-state index < -0.39 is 0 Å². The fourth-order valence-electron chi connectivity index (χ4n) is 2.73. The minimum atomic E-state index is 0. The number of benzene rings is 1. The molecule has 1 aromatic carbocycles. The third-order valence-corrected chi connectivity index (χ3v) is 4.08. The molecule has 1 aliphatic rings. The molecule has 2 N–H and O–H groups in total. The number of carbonyl (C=O) groups excluding carboxylic acids is 1. The normalized spacial score (nSPS) is 13.7. The summed E-state index contributed by atoms with van der Waals surface area (Å²) in [5.41, 5.74) is 2.59. The zero-order valence-corrected chi connectivity index (χ0v) is 17.4. The standard InChI is InChI=1S/C18H28N4O2.HI/c1-3-24-12-6-10-20-18(19-2)21-13-17(23)22-11-9-15-7-4-5-8-16(15)14-22;/h4-5,7-8H,3,6,9-14H2,1-2H3,(H2,19,20,21);1H. The van der Waals surface area contributed by atoms with E-state index in [1.54, 1.807) is 7.05 Å². The van der Waals surface area contributed by atoms with E-state index in [4.69, 9.17) is 4.74 Å². The topological polar surface area (TPSA) is 66.0 Å². The lowest BCUT2D eigenvalue weighted by atomic mass is 10.00. The van der Waals surface area contributed by atoms with E-state index in [1.807, 2.05) is 17.9 Å². The van der Waals surface area contributed by atoms with Crippen molar-refractivity contribution in [3.63, 3.8) is 0 Å². The van der Waals surface area contributed by atoms with Crippen molar-refractivity contribution in [2.45, 2.75) is 26.3 Å².